The number of anilines is 1. The molecule has 0 saturated carbocycles. The lowest BCUT2D eigenvalue weighted by molar-refractivity contribution is -0.118. The lowest BCUT2D eigenvalue weighted by atomic mass is 10.2. The molecule has 0 spiro atoms. The number of hydrogen-bond donors (Lipinski definition) is 2. The minimum absolute atomic E-state index is 0.0751. The number of carboxylic acids is 1. The molecule has 0 atom stereocenters. The van der Waals surface area contributed by atoms with Gasteiger partial charge in [-0.25, -0.2) is 4.79 Å². The SMILES string of the molecule is CC(=O)NN(c1ccccc1C(=O)O)S(=O)(=O)c1ccccc1. The monoisotopic (exact) mass is 334 g/mol. The summed E-state index contributed by atoms with van der Waals surface area (Å²) in [6, 6.07) is 12.9. The molecule has 7 nitrogen and oxygen atoms in total. The van der Waals surface area contributed by atoms with E-state index in [1.54, 1.807) is 6.07 Å². The zero-order valence-corrected chi connectivity index (χ0v) is 12.9. The number of carboxylic acid groups (broad SMARTS) is 1. The Morgan fingerprint density at radius 3 is 2.13 bits per heavy atom. The lowest BCUT2D eigenvalue weighted by Gasteiger charge is -2.25. The van der Waals surface area contributed by atoms with Crippen molar-refractivity contribution in [2.75, 3.05) is 4.41 Å². The minimum atomic E-state index is -4.17. The number of carbonyl (C=O) groups is 2. The molecule has 2 N–H and O–H groups in total. The van der Waals surface area contributed by atoms with Gasteiger partial charge in [0.05, 0.1) is 16.1 Å². The van der Waals surface area contributed by atoms with Gasteiger partial charge in [-0.2, -0.15) is 12.8 Å². The fourth-order valence-electron chi connectivity index (χ4n) is 1.92. The van der Waals surface area contributed by atoms with E-state index in [9.17, 15) is 23.1 Å². The molecule has 0 fully saturated rings. The summed E-state index contributed by atoms with van der Waals surface area (Å²) in [6.07, 6.45) is 0. The van der Waals surface area contributed by atoms with Crippen molar-refractivity contribution in [1.82, 2.24) is 5.43 Å². The van der Waals surface area contributed by atoms with Gasteiger partial charge in [0, 0.05) is 6.92 Å². The second-order valence-electron chi connectivity index (χ2n) is 4.57. The molecule has 120 valence electrons. The minimum Gasteiger partial charge on any atom is -0.478 e. The predicted molar refractivity (Wildman–Crippen MR) is 83.3 cm³/mol. The van der Waals surface area contributed by atoms with Crippen LogP contribution in [0.4, 0.5) is 5.69 Å². The molecule has 23 heavy (non-hydrogen) atoms. The molecule has 0 aromatic heterocycles. The van der Waals surface area contributed by atoms with E-state index in [0.29, 0.717) is 4.41 Å². The van der Waals surface area contributed by atoms with Crippen LogP contribution in [-0.2, 0) is 14.8 Å². The fraction of sp³-hybridized carbons (Fsp3) is 0.0667. The number of sulfonamides is 1. The molecule has 0 radical (unpaired) electrons. The summed E-state index contributed by atoms with van der Waals surface area (Å²) in [6.45, 7) is 1.14. The van der Waals surface area contributed by atoms with Crippen molar-refractivity contribution in [3.8, 4) is 0 Å². The molecule has 2 rings (SSSR count). The largest absolute Gasteiger partial charge is 0.478 e. The second kappa shape index (κ2) is 6.49. The molecule has 0 aliphatic heterocycles. The van der Waals surface area contributed by atoms with E-state index in [1.165, 1.54) is 48.5 Å². The Balaban J connectivity index is 2.64. The molecule has 0 heterocycles. The van der Waals surface area contributed by atoms with Crippen LogP contribution in [0.15, 0.2) is 59.5 Å². The van der Waals surface area contributed by atoms with Crippen molar-refractivity contribution < 1.29 is 23.1 Å². The zero-order valence-electron chi connectivity index (χ0n) is 12.1. The second-order valence-corrected chi connectivity index (χ2v) is 6.36. The van der Waals surface area contributed by atoms with Crippen molar-refractivity contribution in [2.45, 2.75) is 11.8 Å². The summed E-state index contributed by atoms with van der Waals surface area (Å²) in [5.41, 5.74) is 1.77. The average molecular weight is 334 g/mol. The Labute approximate surface area is 133 Å². The number of benzene rings is 2. The number of hydrogen-bond acceptors (Lipinski definition) is 4. The standard InChI is InChI=1S/C15H14N2O5S/c1-11(18)16-17(14-10-6-5-9-13(14)15(19)20)23(21,22)12-7-3-2-4-8-12/h2-10H,1H3,(H,16,18)(H,19,20). The molecule has 0 saturated heterocycles. The summed E-state index contributed by atoms with van der Waals surface area (Å²) in [7, 11) is -4.17. The molecule has 0 unspecified atom stereocenters. The average Bonchev–Trinajstić information content (AvgIpc) is 2.53. The van der Waals surface area contributed by atoms with E-state index in [0.717, 1.165) is 6.92 Å². The van der Waals surface area contributed by atoms with E-state index < -0.39 is 21.9 Å². The van der Waals surface area contributed by atoms with E-state index >= 15 is 0 Å². The number of nitrogens with zero attached hydrogens (tertiary/aromatic N) is 1. The third-order valence-electron chi connectivity index (χ3n) is 2.89. The fourth-order valence-corrected chi connectivity index (χ4v) is 3.30. The highest BCUT2D eigenvalue weighted by molar-refractivity contribution is 7.92. The quantitative estimate of drug-likeness (QED) is 0.809. The van der Waals surface area contributed by atoms with E-state index in [1.807, 2.05) is 0 Å². The number of carbonyl (C=O) groups excluding carboxylic acids is 1. The summed E-state index contributed by atoms with van der Waals surface area (Å²) < 4.78 is 26.1. The van der Waals surface area contributed by atoms with Crippen LogP contribution in [0.1, 0.15) is 17.3 Å². The summed E-state index contributed by atoms with van der Waals surface area (Å²) in [4.78, 5) is 22.7. The number of nitrogens with one attached hydrogen (secondary N) is 1. The number of para-hydroxylation sites is 1. The molecule has 1 amide bonds. The lowest BCUT2D eigenvalue weighted by Crippen LogP contribution is -2.46. The normalized spacial score (nSPS) is 10.8. The van der Waals surface area contributed by atoms with Gasteiger partial charge in [0.1, 0.15) is 0 Å². The highest BCUT2D eigenvalue weighted by Crippen LogP contribution is 2.25. The van der Waals surface area contributed by atoms with E-state index in [-0.39, 0.29) is 16.1 Å². The molecular weight excluding hydrogens is 320 g/mol. The Morgan fingerprint density at radius 2 is 1.57 bits per heavy atom. The van der Waals surface area contributed by atoms with Crippen LogP contribution < -0.4 is 9.84 Å². The molecule has 8 heteroatoms. The Hall–Kier alpha value is -2.87. The summed E-state index contributed by atoms with van der Waals surface area (Å²) in [5, 5.41) is 9.25. The molecule has 0 aliphatic carbocycles. The maximum absolute atomic E-state index is 12.8. The van der Waals surface area contributed by atoms with Crippen molar-refractivity contribution >= 4 is 27.6 Å². The molecule has 2 aromatic carbocycles. The van der Waals surface area contributed by atoms with Crippen LogP contribution in [0.3, 0.4) is 0 Å². The first kappa shape index (κ1) is 16.5. The molecule has 2 aromatic rings. The predicted octanol–water partition coefficient (Wildman–Crippen LogP) is 1.63. The van der Waals surface area contributed by atoms with Gasteiger partial charge in [0.25, 0.3) is 10.0 Å². The molecule has 0 aliphatic rings. The van der Waals surface area contributed by atoms with Crippen molar-refractivity contribution in [2.24, 2.45) is 0 Å². The van der Waals surface area contributed by atoms with Crippen molar-refractivity contribution in [3.05, 3.63) is 60.2 Å². The van der Waals surface area contributed by atoms with Gasteiger partial charge < -0.3 is 5.11 Å². The number of hydrazine groups is 1. The van der Waals surface area contributed by atoms with Crippen LogP contribution in [0.5, 0.6) is 0 Å². The smallest absolute Gasteiger partial charge is 0.337 e. The van der Waals surface area contributed by atoms with Gasteiger partial charge in [0.2, 0.25) is 5.91 Å². The maximum atomic E-state index is 12.8. The third-order valence-corrected chi connectivity index (χ3v) is 4.53. The van der Waals surface area contributed by atoms with Gasteiger partial charge in [0.15, 0.2) is 0 Å². The Bertz CT molecular complexity index is 834. The summed E-state index contributed by atoms with van der Waals surface area (Å²) in [5.74, 6) is -1.95. The van der Waals surface area contributed by atoms with Crippen LogP contribution in [-0.4, -0.2) is 25.4 Å². The van der Waals surface area contributed by atoms with Crippen LogP contribution in [0.2, 0.25) is 0 Å². The Morgan fingerprint density at radius 1 is 1.00 bits per heavy atom. The summed E-state index contributed by atoms with van der Waals surface area (Å²) >= 11 is 0. The van der Waals surface area contributed by atoms with Gasteiger partial charge >= 0.3 is 5.97 Å². The molecular formula is C15H14N2O5S. The van der Waals surface area contributed by atoms with E-state index in [4.69, 9.17) is 0 Å². The van der Waals surface area contributed by atoms with Crippen LogP contribution >= 0.6 is 0 Å². The van der Waals surface area contributed by atoms with Gasteiger partial charge in [-0.05, 0) is 24.3 Å². The van der Waals surface area contributed by atoms with Gasteiger partial charge in [-0.3, -0.25) is 10.2 Å². The van der Waals surface area contributed by atoms with Crippen LogP contribution in [0, 0.1) is 0 Å². The van der Waals surface area contributed by atoms with Crippen molar-refractivity contribution in [1.29, 1.82) is 0 Å². The number of aromatic carboxylic acids is 1. The highest BCUT2D eigenvalue weighted by atomic mass is 32.2. The number of amides is 1. The van der Waals surface area contributed by atoms with E-state index in [2.05, 4.69) is 5.43 Å². The van der Waals surface area contributed by atoms with Gasteiger partial charge in [-0.1, -0.05) is 30.3 Å². The number of rotatable bonds is 5. The first-order valence-electron chi connectivity index (χ1n) is 6.54. The van der Waals surface area contributed by atoms with Crippen molar-refractivity contribution in [3.63, 3.8) is 0 Å². The highest BCUT2D eigenvalue weighted by Gasteiger charge is 2.29. The molecule has 0 bridgehead atoms. The third kappa shape index (κ3) is 3.49. The zero-order chi connectivity index (χ0) is 17.0. The first-order valence-corrected chi connectivity index (χ1v) is 7.98. The Kier molecular flexibility index (Phi) is 4.65. The maximum Gasteiger partial charge on any atom is 0.337 e. The topological polar surface area (TPSA) is 104 Å². The first-order chi connectivity index (χ1) is 10.8. The van der Waals surface area contributed by atoms with Gasteiger partial charge in [-0.15, -0.1) is 0 Å². The van der Waals surface area contributed by atoms with Crippen LogP contribution in [0.25, 0.3) is 0 Å².